The molecule has 0 heterocycles. The van der Waals surface area contributed by atoms with Crippen LogP contribution in [0.3, 0.4) is 0 Å². The molecule has 0 aliphatic heterocycles. The molecular formula is C13H18O4. The highest BCUT2D eigenvalue weighted by Crippen LogP contribution is 1.90. The van der Waals surface area contributed by atoms with Crippen LogP contribution in [0.4, 0.5) is 0 Å². The number of allylic oxidation sites excluding steroid dienone is 4. The van der Waals surface area contributed by atoms with Gasteiger partial charge in [-0.25, -0.2) is 9.59 Å². The Hall–Kier alpha value is -1.84. The molecule has 94 valence electrons. The van der Waals surface area contributed by atoms with Crippen molar-refractivity contribution in [1.82, 2.24) is 0 Å². The van der Waals surface area contributed by atoms with Crippen LogP contribution < -0.4 is 0 Å². The minimum absolute atomic E-state index is 0.344. The molecule has 0 fully saturated rings. The smallest absolute Gasteiger partial charge is 0.330 e. The number of carbonyl (C=O) groups excluding carboxylic acids is 2. The Labute approximate surface area is 102 Å². The molecule has 0 aromatic carbocycles. The summed E-state index contributed by atoms with van der Waals surface area (Å²) in [6.07, 6.45) is 10.1. The molecule has 0 spiro atoms. The molecule has 0 saturated carbocycles. The second-order valence-electron chi connectivity index (χ2n) is 2.93. The van der Waals surface area contributed by atoms with Crippen LogP contribution >= 0.6 is 0 Å². The Morgan fingerprint density at radius 3 is 2.06 bits per heavy atom. The fraction of sp³-hybridized carbons (Fsp3) is 0.385. The van der Waals surface area contributed by atoms with Crippen molar-refractivity contribution in [2.45, 2.75) is 20.3 Å². The Morgan fingerprint density at radius 1 is 0.882 bits per heavy atom. The van der Waals surface area contributed by atoms with E-state index in [0.29, 0.717) is 19.6 Å². The van der Waals surface area contributed by atoms with Crippen LogP contribution in [0.2, 0.25) is 0 Å². The maximum atomic E-state index is 10.9. The van der Waals surface area contributed by atoms with Gasteiger partial charge in [0.25, 0.3) is 0 Å². The fourth-order valence-electron chi connectivity index (χ4n) is 0.915. The summed E-state index contributed by atoms with van der Waals surface area (Å²) in [5, 5.41) is 0. The molecule has 0 aromatic rings. The Balaban J connectivity index is 3.74. The average Bonchev–Trinajstić information content (AvgIpc) is 2.28. The minimum Gasteiger partial charge on any atom is -0.463 e. The van der Waals surface area contributed by atoms with Crippen molar-refractivity contribution in [3.05, 3.63) is 36.5 Å². The van der Waals surface area contributed by atoms with Crippen LogP contribution in [0.1, 0.15) is 20.3 Å². The quantitative estimate of drug-likeness (QED) is 0.387. The van der Waals surface area contributed by atoms with Crippen molar-refractivity contribution in [2.24, 2.45) is 0 Å². The lowest BCUT2D eigenvalue weighted by Gasteiger charge is -1.93. The van der Waals surface area contributed by atoms with Gasteiger partial charge in [-0.05, 0) is 20.3 Å². The van der Waals surface area contributed by atoms with Gasteiger partial charge < -0.3 is 9.47 Å². The van der Waals surface area contributed by atoms with Gasteiger partial charge >= 0.3 is 11.9 Å². The van der Waals surface area contributed by atoms with Gasteiger partial charge in [-0.3, -0.25) is 0 Å². The van der Waals surface area contributed by atoms with E-state index in [-0.39, 0.29) is 11.9 Å². The number of hydrogen-bond acceptors (Lipinski definition) is 4. The van der Waals surface area contributed by atoms with E-state index in [4.69, 9.17) is 9.47 Å². The van der Waals surface area contributed by atoms with Crippen molar-refractivity contribution in [2.75, 3.05) is 13.2 Å². The van der Waals surface area contributed by atoms with E-state index in [2.05, 4.69) is 0 Å². The van der Waals surface area contributed by atoms with Crippen LogP contribution in [0.25, 0.3) is 0 Å². The third kappa shape index (κ3) is 10.4. The normalized spacial score (nSPS) is 11.4. The van der Waals surface area contributed by atoms with Gasteiger partial charge in [0.15, 0.2) is 0 Å². The lowest BCUT2D eigenvalue weighted by molar-refractivity contribution is -0.138. The summed E-state index contributed by atoms with van der Waals surface area (Å²) in [5.41, 5.74) is 0. The monoisotopic (exact) mass is 238 g/mol. The summed E-state index contributed by atoms with van der Waals surface area (Å²) < 4.78 is 9.40. The van der Waals surface area contributed by atoms with E-state index < -0.39 is 0 Å². The van der Waals surface area contributed by atoms with E-state index in [1.807, 2.05) is 6.08 Å². The molecule has 0 unspecified atom stereocenters. The molecule has 0 aliphatic rings. The van der Waals surface area contributed by atoms with Crippen LogP contribution in [-0.4, -0.2) is 25.2 Å². The van der Waals surface area contributed by atoms with E-state index in [1.165, 1.54) is 12.2 Å². The molecule has 0 amide bonds. The first kappa shape index (κ1) is 15.2. The highest BCUT2D eigenvalue weighted by atomic mass is 16.5. The second-order valence-corrected chi connectivity index (χ2v) is 2.93. The Morgan fingerprint density at radius 2 is 1.47 bits per heavy atom. The third-order valence-electron chi connectivity index (χ3n) is 1.58. The number of hydrogen-bond donors (Lipinski definition) is 0. The van der Waals surface area contributed by atoms with E-state index >= 15 is 0 Å². The molecule has 0 rings (SSSR count). The van der Waals surface area contributed by atoms with Crippen LogP contribution in [0, 0.1) is 0 Å². The summed E-state index contributed by atoms with van der Waals surface area (Å²) in [4.78, 5) is 21.8. The highest BCUT2D eigenvalue weighted by Gasteiger charge is 1.91. The Bertz CT molecular complexity index is 313. The molecular weight excluding hydrogens is 220 g/mol. The second kappa shape index (κ2) is 10.7. The zero-order chi connectivity index (χ0) is 12.9. The first-order valence-electron chi connectivity index (χ1n) is 5.54. The number of esters is 2. The summed E-state index contributed by atoms with van der Waals surface area (Å²) >= 11 is 0. The number of ether oxygens (including phenoxy) is 2. The predicted octanol–water partition coefficient (Wildman–Crippen LogP) is 2.17. The standard InChI is InChI=1S/C13H18O4/c1-3-16-12(14)10-8-6-5-7-9-11-13(15)17-4-2/h5-6,8-11H,3-4,7H2,1-2H3. The lowest BCUT2D eigenvalue weighted by atomic mass is 10.3. The van der Waals surface area contributed by atoms with Crippen molar-refractivity contribution >= 4 is 11.9 Å². The van der Waals surface area contributed by atoms with E-state index in [1.54, 1.807) is 32.1 Å². The molecule has 0 N–H and O–H groups in total. The van der Waals surface area contributed by atoms with Gasteiger partial charge in [-0.1, -0.05) is 24.3 Å². The van der Waals surface area contributed by atoms with Crippen molar-refractivity contribution < 1.29 is 19.1 Å². The van der Waals surface area contributed by atoms with Crippen LogP contribution in [0.5, 0.6) is 0 Å². The van der Waals surface area contributed by atoms with Crippen molar-refractivity contribution in [1.29, 1.82) is 0 Å². The average molecular weight is 238 g/mol. The lowest BCUT2D eigenvalue weighted by Crippen LogP contribution is -1.98. The molecule has 0 aromatic heterocycles. The summed E-state index contributed by atoms with van der Waals surface area (Å²) in [5.74, 6) is -0.706. The molecule has 4 heteroatoms. The summed E-state index contributed by atoms with van der Waals surface area (Å²) in [7, 11) is 0. The van der Waals surface area contributed by atoms with Gasteiger partial charge in [0.1, 0.15) is 0 Å². The minimum atomic E-state index is -0.362. The highest BCUT2D eigenvalue weighted by molar-refractivity contribution is 5.82. The van der Waals surface area contributed by atoms with Gasteiger partial charge in [-0.15, -0.1) is 0 Å². The fourth-order valence-corrected chi connectivity index (χ4v) is 0.915. The molecule has 0 atom stereocenters. The zero-order valence-corrected chi connectivity index (χ0v) is 10.2. The van der Waals surface area contributed by atoms with E-state index in [9.17, 15) is 9.59 Å². The number of rotatable bonds is 7. The van der Waals surface area contributed by atoms with Crippen LogP contribution in [0.15, 0.2) is 36.5 Å². The first-order valence-corrected chi connectivity index (χ1v) is 5.54. The summed E-state index contributed by atoms with van der Waals surface area (Å²) in [6, 6.07) is 0. The summed E-state index contributed by atoms with van der Waals surface area (Å²) in [6.45, 7) is 4.25. The maximum absolute atomic E-state index is 10.9. The van der Waals surface area contributed by atoms with Crippen molar-refractivity contribution in [3.63, 3.8) is 0 Å². The van der Waals surface area contributed by atoms with Crippen molar-refractivity contribution in [3.8, 4) is 0 Å². The van der Waals surface area contributed by atoms with Gasteiger partial charge in [-0.2, -0.15) is 0 Å². The molecule has 0 bridgehead atoms. The molecule has 17 heavy (non-hydrogen) atoms. The topological polar surface area (TPSA) is 52.6 Å². The third-order valence-corrected chi connectivity index (χ3v) is 1.58. The van der Waals surface area contributed by atoms with Gasteiger partial charge in [0.2, 0.25) is 0 Å². The number of carbonyl (C=O) groups is 2. The molecule has 0 saturated heterocycles. The molecule has 0 aliphatic carbocycles. The van der Waals surface area contributed by atoms with Crippen LogP contribution in [-0.2, 0) is 19.1 Å². The largest absolute Gasteiger partial charge is 0.463 e. The predicted molar refractivity (Wildman–Crippen MR) is 65.3 cm³/mol. The zero-order valence-electron chi connectivity index (χ0n) is 10.2. The maximum Gasteiger partial charge on any atom is 0.330 e. The Kier molecular flexibility index (Phi) is 9.52. The first-order chi connectivity index (χ1) is 8.20. The molecule has 4 nitrogen and oxygen atoms in total. The van der Waals surface area contributed by atoms with Gasteiger partial charge in [0.05, 0.1) is 13.2 Å². The SMILES string of the molecule is CCOC(=O)C=CC=CCC=CC(=O)OCC. The van der Waals surface area contributed by atoms with E-state index in [0.717, 1.165) is 0 Å². The van der Waals surface area contributed by atoms with Gasteiger partial charge in [0, 0.05) is 12.2 Å². The molecule has 0 radical (unpaired) electrons.